The molecule has 0 saturated carbocycles. The Hall–Kier alpha value is -0.260. The summed E-state index contributed by atoms with van der Waals surface area (Å²) in [5.74, 6) is 2.45. The van der Waals surface area contributed by atoms with Gasteiger partial charge in [0.25, 0.3) is 0 Å². The first-order valence-corrected chi connectivity index (χ1v) is 3.04. The van der Waals surface area contributed by atoms with Crippen LogP contribution in [0.2, 0.25) is 0 Å². The molecule has 2 heteroatoms. The van der Waals surface area contributed by atoms with E-state index < -0.39 is 0 Å². The molecule has 1 N–H and O–H groups in total. The van der Waals surface area contributed by atoms with E-state index in [0.29, 0.717) is 6.54 Å². The monoisotopic (exact) mass is 173 g/mol. The van der Waals surface area contributed by atoms with Crippen LogP contribution in [0.15, 0.2) is 11.1 Å². The minimum atomic E-state index is 0.602. The Kier molecular flexibility index (Phi) is 4.73. The highest BCUT2D eigenvalue weighted by atomic mass is 79.9. The second-order valence-corrected chi connectivity index (χ2v) is 2.45. The lowest BCUT2D eigenvalue weighted by atomic mass is 10.6. The maximum Gasteiger partial charge on any atom is 0.0576 e. The number of rotatable bonds is 3. The van der Waals surface area contributed by atoms with Gasteiger partial charge in [-0.15, -0.1) is 6.42 Å². The van der Waals surface area contributed by atoms with Crippen molar-refractivity contribution in [1.29, 1.82) is 0 Å². The van der Waals surface area contributed by atoms with Crippen LogP contribution < -0.4 is 5.32 Å². The lowest BCUT2D eigenvalue weighted by Gasteiger charge is -1.94. The third-order valence-corrected chi connectivity index (χ3v) is 0.824. The zero-order valence-corrected chi connectivity index (χ0v) is 6.16. The maximum atomic E-state index is 4.96. The van der Waals surface area contributed by atoms with Gasteiger partial charge in [0.1, 0.15) is 0 Å². The molecule has 0 saturated heterocycles. The van der Waals surface area contributed by atoms with Gasteiger partial charge in [0, 0.05) is 11.0 Å². The van der Waals surface area contributed by atoms with Gasteiger partial charge in [0.05, 0.1) is 6.54 Å². The van der Waals surface area contributed by atoms with E-state index in [2.05, 4.69) is 33.7 Å². The summed E-state index contributed by atoms with van der Waals surface area (Å²) in [6.45, 7) is 4.95. The van der Waals surface area contributed by atoms with Gasteiger partial charge in [-0.2, -0.15) is 0 Å². The smallest absolute Gasteiger partial charge is 0.0576 e. The van der Waals surface area contributed by atoms with Crippen LogP contribution in [0.5, 0.6) is 0 Å². The average Bonchev–Trinajstić information content (AvgIpc) is 1.66. The van der Waals surface area contributed by atoms with Crippen molar-refractivity contribution < 1.29 is 0 Å². The summed E-state index contributed by atoms with van der Waals surface area (Å²) in [6, 6.07) is 0. The Morgan fingerprint density at radius 3 is 2.88 bits per heavy atom. The Morgan fingerprint density at radius 1 is 1.88 bits per heavy atom. The predicted molar refractivity (Wildman–Crippen MR) is 39.8 cm³/mol. The molecule has 8 heavy (non-hydrogen) atoms. The Morgan fingerprint density at radius 2 is 2.50 bits per heavy atom. The van der Waals surface area contributed by atoms with E-state index >= 15 is 0 Å². The molecular weight excluding hydrogens is 166 g/mol. The van der Waals surface area contributed by atoms with E-state index in [1.54, 1.807) is 0 Å². The van der Waals surface area contributed by atoms with Crippen LogP contribution in [-0.2, 0) is 0 Å². The van der Waals surface area contributed by atoms with E-state index in [4.69, 9.17) is 6.42 Å². The van der Waals surface area contributed by atoms with Gasteiger partial charge in [-0.25, -0.2) is 0 Å². The van der Waals surface area contributed by atoms with Crippen LogP contribution in [0.3, 0.4) is 0 Å². The molecule has 0 aromatic heterocycles. The lowest BCUT2D eigenvalue weighted by Crippen LogP contribution is -2.14. The number of terminal acetylenes is 1. The van der Waals surface area contributed by atoms with Crippen molar-refractivity contribution in [2.24, 2.45) is 0 Å². The van der Waals surface area contributed by atoms with Gasteiger partial charge in [0.15, 0.2) is 0 Å². The zero-order chi connectivity index (χ0) is 6.41. The summed E-state index contributed by atoms with van der Waals surface area (Å²) in [7, 11) is 0. The van der Waals surface area contributed by atoms with Crippen molar-refractivity contribution in [3.8, 4) is 12.3 Å². The van der Waals surface area contributed by atoms with Gasteiger partial charge in [-0.05, 0) is 0 Å². The summed E-state index contributed by atoms with van der Waals surface area (Å²) in [5.41, 5.74) is 0. The molecule has 0 fully saturated rings. The van der Waals surface area contributed by atoms with Crippen molar-refractivity contribution in [2.45, 2.75) is 0 Å². The summed E-state index contributed by atoms with van der Waals surface area (Å²) >= 11 is 3.18. The summed E-state index contributed by atoms with van der Waals surface area (Å²) in [6.07, 6.45) is 4.96. The number of hydrogen-bond acceptors (Lipinski definition) is 1. The molecule has 0 heterocycles. The molecule has 0 atom stereocenters. The number of halogens is 1. The molecule has 0 bridgehead atoms. The van der Waals surface area contributed by atoms with Crippen LogP contribution in [-0.4, -0.2) is 13.1 Å². The molecule has 0 amide bonds. The van der Waals surface area contributed by atoms with Crippen LogP contribution in [0, 0.1) is 12.3 Å². The third-order valence-electron chi connectivity index (χ3n) is 0.544. The largest absolute Gasteiger partial charge is 0.302 e. The van der Waals surface area contributed by atoms with E-state index in [9.17, 15) is 0 Å². The molecular formula is C6H8BrN. The molecule has 0 aromatic carbocycles. The lowest BCUT2D eigenvalue weighted by molar-refractivity contribution is 0.854. The van der Waals surface area contributed by atoms with E-state index in [-0.39, 0.29) is 0 Å². The van der Waals surface area contributed by atoms with Gasteiger partial charge >= 0.3 is 0 Å². The molecule has 0 aromatic rings. The number of nitrogens with one attached hydrogen (secondary N) is 1. The molecule has 0 aliphatic rings. The fourth-order valence-electron chi connectivity index (χ4n) is 0.270. The first-order valence-electron chi connectivity index (χ1n) is 2.25. The van der Waals surface area contributed by atoms with E-state index in [1.807, 2.05) is 0 Å². The molecule has 44 valence electrons. The molecule has 0 aliphatic heterocycles. The highest BCUT2D eigenvalue weighted by molar-refractivity contribution is 9.11. The summed E-state index contributed by atoms with van der Waals surface area (Å²) < 4.78 is 0.924. The first-order chi connectivity index (χ1) is 3.77. The van der Waals surface area contributed by atoms with Crippen molar-refractivity contribution in [3.63, 3.8) is 0 Å². The predicted octanol–water partition coefficient (Wildman–Crippen LogP) is 1.12. The second kappa shape index (κ2) is 4.89. The second-order valence-electron chi connectivity index (χ2n) is 1.32. The SMILES string of the molecule is C#CCNCC(=C)Br. The third kappa shape index (κ3) is 5.74. The van der Waals surface area contributed by atoms with Crippen molar-refractivity contribution in [3.05, 3.63) is 11.1 Å². The van der Waals surface area contributed by atoms with Crippen LogP contribution in [0.4, 0.5) is 0 Å². The summed E-state index contributed by atoms with van der Waals surface area (Å²) in [4.78, 5) is 0. The Labute approximate surface area is 58.3 Å². The minimum Gasteiger partial charge on any atom is -0.302 e. The normalized spacial score (nSPS) is 8.00. The topological polar surface area (TPSA) is 12.0 Å². The van der Waals surface area contributed by atoms with Gasteiger partial charge in [-0.1, -0.05) is 28.4 Å². The fourth-order valence-corrected chi connectivity index (χ4v) is 0.469. The highest BCUT2D eigenvalue weighted by Crippen LogP contribution is 1.95. The molecule has 0 unspecified atom stereocenters. The Bertz CT molecular complexity index is 112. The fraction of sp³-hybridized carbons (Fsp3) is 0.333. The van der Waals surface area contributed by atoms with Crippen molar-refractivity contribution in [1.82, 2.24) is 5.32 Å². The maximum absolute atomic E-state index is 4.96. The number of hydrogen-bond donors (Lipinski definition) is 1. The van der Waals surface area contributed by atoms with E-state index in [1.165, 1.54) is 0 Å². The first kappa shape index (κ1) is 7.74. The van der Waals surface area contributed by atoms with Crippen molar-refractivity contribution in [2.75, 3.05) is 13.1 Å². The molecule has 0 rings (SSSR count). The van der Waals surface area contributed by atoms with Crippen LogP contribution >= 0.6 is 15.9 Å². The molecule has 1 nitrogen and oxygen atoms in total. The quantitative estimate of drug-likeness (QED) is 0.499. The molecule has 0 spiro atoms. The van der Waals surface area contributed by atoms with Crippen LogP contribution in [0.25, 0.3) is 0 Å². The van der Waals surface area contributed by atoms with Gasteiger partial charge in [-0.3, -0.25) is 0 Å². The highest BCUT2D eigenvalue weighted by Gasteiger charge is 1.81. The average molecular weight is 174 g/mol. The standard InChI is InChI=1S/C6H8BrN/c1-3-4-8-5-6(2)7/h1,8H,2,4-5H2. The van der Waals surface area contributed by atoms with Gasteiger partial charge < -0.3 is 5.32 Å². The van der Waals surface area contributed by atoms with Crippen molar-refractivity contribution >= 4 is 15.9 Å². The minimum absolute atomic E-state index is 0.602. The van der Waals surface area contributed by atoms with Crippen LogP contribution in [0.1, 0.15) is 0 Å². The molecule has 0 aliphatic carbocycles. The van der Waals surface area contributed by atoms with E-state index in [0.717, 1.165) is 11.0 Å². The van der Waals surface area contributed by atoms with Gasteiger partial charge in [0.2, 0.25) is 0 Å². The molecule has 0 radical (unpaired) electrons. The summed E-state index contributed by atoms with van der Waals surface area (Å²) in [5, 5.41) is 2.95. The zero-order valence-electron chi connectivity index (χ0n) is 4.58. The Balaban J connectivity index is 2.97.